The van der Waals surface area contributed by atoms with Gasteiger partial charge in [0.05, 0.1) is 0 Å². The summed E-state index contributed by atoms with van der Waals surface area (Å²) in [5.41, 5.74) is 1.76. The van der Waals surface area contributed by atoms with Crippen LogP contribution in [0.2, 0.25) is 0 Å². The third-order valence-corrected chi connectivity index (χ3v) is 3.34. The van der Waals surface area contributed by atoms with Gasteiger partial charge in [-0.3, -0.25) is 0 Å². The van der Waals surface area contributed by atoms with Gasteiger partial charge < -0.3 is 10.8 Å². The molecule has 1 aromatic carbocycles. The summed E-state index contributed by atoms with van der Waals surface area (Å²) in [6.45, 7) is 0. The van der Waals surface area contributed by atoms with E-state index in [0.717, 1.165) is 18.9 Å². The Morgan fingerprint density at radius 3 is 2.42 bits per heavy atom. The van der Waals surface area contributed by atoms with E-state index in [0.29, 0.717) is 4.47 Å². The normalized spacial score (nSPS) is 18.4. The monoisotopic (exact) mass is 333 g/mol. The standard InChI is InChI=1S/C13H11BrF3NO/c14-9-3-4-10(11(18)7-9)12(19,13(15,16)17)6-5-8-1-2-8/h3-4,7-8,19H,1-2,18H2. The van der Waals surface area contributed by atoms with E-state index in [1.807, 2.05) is 5.92 Å². The highest BCUT2D eigenvalue weighted by Gasteiger charge is 2.55. The van der Waals surface area contributed by atoms with Crippen LogP contribution in [0, 0.1) is 17.8 Å². The van der Waals surface area contributed by atoms with Crippen molar-refractivity contribution in [3.8, 4) is 11.8 Å². The van der Waals surface area contributed by atoms with Crippen molar-refractivity contribution in [2.75, 3.05) is 5.73 Å². The number of benzene rings is 1. The highest BCUT2D eigenvalue weighted by atomic mass is 79.9. The molecular formula is C13H11BrF3NO. The van der Waals surface area contributed by atoms with Gasteiger partial charge in [-0.15, -0.1) is 0 Å². The highest BCUT2D eigenvalue weighted by molar-refractivity contribution is 9.10. The summed E-state index contributed by atoms with van der Waals surface area (Å²) in [5.74, 6) is 4.37. The minimum Gasteiger partial charge on any atom is -0.398 e. The molecule has 1 aliphatic carbocycles. The van der Waals surface area contributed by atoms with Crippen molar-refractivity contribution in [2.45, 2.75) is 24.6 Å². The molecule has 1 aromatic rings. The molecular weight excluding hydrogens is 323 g/mol. The molecule has 2 nitrogen and oxygen atoms in total. The van der Waals surface area contributed by atoms with Crippen LogP contribution in [0.25, 0.3) is 0 Å². The first-order chi connectivity index (χ1) is 8.74. The number of halogens is 4. The van der Waals surface area contributed by atoms with Crippen LogP contribution in [0.3, 0.4) is 0 Å². The molecule has 19 heavy (non-hydrogen) atoms. The van der Waals surface area contributed by atoms with Crippen LogP contribution in [0.5, 0.6) is 0 Å². The largest absolute Gasteiger partial charge is 0.433 e. The van der Waals surface area contributed by atoms with E-state index < -0.39 is 17.3 Å². The van der Waals surface area contributed by atoms with E-state index in [1.54, 1.807) is 0 Å². The minimum absolute atomic E-state index is 0.0504. The molecule has 6 heteroatoms. The Hall–Kier alpha value is -1.19. The average Bonchev–Trinajstić information content (AvgIpc) is 3.08. The van der Waals surface area contributed by atoms with E-state index >= 15 is 0 Å². The summed E-state index contributed by atoms with van der Waals surface area (Å²) in [4.78, 5) is 0. The molecule has 1 aliphatic rings. The first kappa shape index (κ1) is 14.2. The van der Waals surface area contributed by atoms with Gasteiger partial charge in [-0.2, -0.15) is 13.2 Å². The third-order valence-electron chi connectivity index (χ3n) is 2.85. The van der Waals surface area contributed by atoms with Crippen molar-refractivity contribution >= 4 is 21.6 Å². The lowest BCUT2D eigenvalue weighted by molar-refractivity contribution is -0.240. The molecule has 3 N–H and O–H groups in total. The SMILES string of the molecule is Nc1cc(Br)ccc1C(O)(C#CC1CC1)C(F)(F)F. The fraction of sp³-hybridized carbons (Fsp3) is 0.385. The fourth-order valence-corrected chi connectivity index (χ4v) is 1.97. The Morgan fingerprint density at radius 2 is 1.95 bits per heavy atom. The molecule has 1 unspecified atom stereocenters. The first-order valence-electron chi connectivity index (χ1n) is 5.61. The molecule has 0 aliphatic heterocycles. The number of nitrogen functional groups attached to an aromatic ring is 1. The van der Waals surface area contributed by atoms with Crippen LogP contribution in [0.4, 0.5) is 18.9 Å². The lowest BCUT2D eigenvalue weighted by Crippen LogP contribution is -2.41. The Kier molecular flexibility index (Phi) is 3.54. The Bertz CT molecular complexity index is 557. The number of nitrogens with two attached hydrogens (primary N) is 1. The van der Waals surface area contributed by atoms with E-state index in [4.69, 9.17) is 5.73 Å². The van der Waals surface area contributed by atoms with Gasteiger partial charge in [0.1, 0.15) is 0 Å². The molecule has 0 bridgehead atoms. The van der Waals surface area contributed by atoms with E-state index in [9.17, 15) is 18.3 Å². The molecule has 0 saturated heterocycles. The predicted molar refractivity (Wildman–Crippen MR) is 69.0 cm³/mol. The van der Waals surface area contributed by atoms with Crippen LogP contribution in [0.15, 0.2) is 22.7 Å². The maximum absolute atomic E-state index is 13.1. The molecule has 0 aromatic heterocycles. The zero-order valence-corrected chi connectivity index (χ0v) is 11.3. The van der Waals surface area contributed by atoms with Crippen LogP contribution in [-0.4, -0.2) is 11.3 Å². The second kappa shape index (κ2) is 4.73. The highest BCUT2D eigenvalue weighted by Crippen LogP contribution is 2.42. The van der Waals surface area contributed by atoms with Crippen LogP contribution in [-0.2, 0) is 5.60 Å². The van der Waals surface area contributed by atoms with Gasteiger partial charge in [-0.25, -0.2) is 0 Å². The van der Waals surface area contributed by atoms with E-state index in [-0.39, 0.29) is 11.6 Å². The summed E-state index contributed by atoms with van der Waals surface area (Å²) in [7, 11) is 0. The lowest BCUT2D eigenvalue weighted by Gasteiger charge is -2.27. The van der Waals surface area contributed by atoms with E-state index in [2.05, 4.69) is 21.9 Å². The summed E-state index contributed by atoms with van der Waals surface area (Å²) >= 11 is 3.11. The van der Waals surface area contributed by atoms with Gasteiger partial charge in [0.15, 0.2) is 0 Å². The van der Waals surface area contributed by atoms with Crippen molar-refractivity contribution in [2.24, 2.45) is 5.92 Å². The molecule has 2 rings (SSSR count). The van der Waals surface area contributed by atoms with Crippen molar-refractivity contribution in [3.63, 3.8) is 0 Å². The van der Waals surface area contributed by atoms with Crippen LogP contribution >= 0.6 is 15.9 Å². The molecule has 0 heterocycles. The fourth-order valence-electron chi connectivity index (χ4n) is 1.59. The summed E-state index contributed by atoms with van der Waals surface area (Å²) in [6.07, 6.45) is -3.36. The number of hydrogen-bond acceptors (Lipinski definition) is 2. The average molecular weight is 334 g/mol. The number of aliphatic hydroxyl groups is 1. The summed E-state index contributed by atoms with van der Waals surface area (Å²) in [6, 6.07) is 3.83. The second-order valence-corrected chi connectivity index (χ2v) is 5.40. The smallest absolute Gasteiger partial charge is 0.398 e. The predicted octanol–water partition coefficient (Wildman–Crippen LogP) is 3.19. The van der Waals surface area contributed by atoms with Crippen molar-refractivity contribution in [1.82, 2.24) is 0 Å². The van der Waals surface area contributed by atoms with E-state index in [1.165, 1.54) is 12.1 Å². The molecule has 0 radical (unpaired) electrons. The summed E-state index contributed by atoms with van der Waals surface area (Å²) < 4.78 is 39.9. The Morgan fingerprint density at radius 1 is 1.32 bits per heavy atom. The molecule has 0 spiro atoms. The molecule has 0 amide bonds. The Balaban J connectivity index is 2.51. The molecule has 102 valence electrons. The maximum atomic E-state index is 13.1. The minimum atomic E-state index is -4.91. The van der Waals surface area contributed by atoms with Crippen LogP contribution in [0.1, 0.15) is 18.4 Å². The first-order valence-corrected chi connectivity index (χ1v) is 6.40. The zero-order valence-electron chi connectivity index (χ0n) is 9.76. The van der Waals surface area contributed by atoms with Gasteiger partial charge in [0.25, 0.3) is 0 Å². The number of anilines is 1. The molecule has 1 fully saturated rings. The van der Waals surface area contributed by atoms with Crippen LogP contribution < -0.4 is 5.73 Å². The summed E-state index contributed by atoms with van der Waals surface area (Å²) in [5, 5.41) is 9.97. The van der Waals surface area contributed by atoms with Gasteiger partial charge in [-0.05, 0) is 25.0 Å². The van der Waals surface area contributed by atoms with Gasteiger partial charge in [-0.1, -0.05) is 33.8 Å². The Labute approximate surface area is 116 Å². The lowest BCUT2D eigenvalue weighted by atomic mass is 9.92. The van der Waals surface area contributed by atoms with Gasteiger partial charge in [0.2, 0.25) is 5.60 Å². The number of hydrogen-bond donors (Lipinski definition) is 2. The second-order valence-electron chi connectivity index (χ2n) is 4.48. The van der Waals surface area contributed by atoms with Gasteiger partial charge >= 0.3 is 6.18 Å². The molecule has 1 saturated carbocycles. The maximum Gasteiger partial charge on any atom is 0.433 e. The van der Waals surface area contributed by atoms with Crippen molar-refractivity contribution < 1.29 is 18.3 Å². The molecule has 1 atom stereocenters. The number of alkyl halides is 3. The van der Waals surface area contributed by atoms with Crippen molar-refractivity contribution in [3.05, 3.63) is 28.2 Å². The van der Waals surface area contributed by atoms with Gasteiger partial charge in [0, 0.05) is 21.6 Å². The quantitative estimate of drug-likeness (QED) is 0.612. The number of rotatable bonds is 1. The zero-order chi connectivity index (χ0) is 14.3. The topological polar surface area (TPSA) is 46.2 Å². The van der Waals surface area contributed by atoms with Crippen molar-refractivity contribution in [1.29, 1.82) is 0 Å². The third kappa shape index (κ3) is 2.88.